The van der Waals surface area contributed by atoms with Crippen molar-refractivity contribution in [2.45, 2.75) is 25.9 Å². The van der Waals surface area contributed by atoms with Crippen molar-refractivity contribution < 1.29 is 9.15 Å². The predicted molar refractivity (Wildman–Crippen MR) is 84.2 cm³/mol. The standard InChI is InChI=1S/C17H24N2O2/c1-3-10-20-15-8-6-14(7-9-15)17(12-18)19(2)13-16-5-4-11-21-16/h4-9,11,17H,3,10,12-13,18H2,1-2H3. The van der Waals surface area contributed by atoms with Crippen LogP contribution < -0.4 is 10.5 Å². The topological polar surface area (TPSA) is 51.6 Å². The lowest BCUT2D eigenvalue weighted by Gasteiger charge is -2.26. The van der Waals surface area contributed by atoms with Gasteiger partial charge in [0, 0.05) is 12.6 Å². The minimum Gasteiger partial charge on any atom is -0.494 e. The molecule has 1 unspecified atom stereocenters. The number of hydrogen-bond donors (Lipinski definition) is 1. The number of furan rings is 1. The quantitative estimate of drug-likeness (QED) is 0.810. The van der Waals surface area contributed by atoms with Crippen LogP contribution in [0.2, 0.25) is 0 Å². The van der Waals surface area contributed by atoms with Crippen LogP contribution in [0.4, 0.5) is 0 Å². The van der Waals surface area contributed by atoms with Crippen LogP contribution in [0.3, 0.4) is 0 Å². The van der Waals surface area contributed by atoms with Gasteiger partial charge in [0.25, 0.3) is 0 Å². The van der Waals surface area contributed by atoms with Crippen LogP contribution in [0.15, 0.2) is 47.1 Å². The van der Waals surface area contributed by atoms with E-state index in [0.717, 1.165) is 31.1 Å². The van der Waals surface area contributed by atoms with Gasteiger partial charge in [0.2, 0.25) is 0 Å². The van der Waals surface area contributed by atoms with E-state index in [0.29, 0.717) is 6.54 Å². The molecule has 0 amide bonds. The molecule has 0 radical (unpaired) electrons. The van der Waals surface area contributed by atoms with Gasteiger partial charge in [-0.3, -0.25) is 4.90 Å². The summed E-state index contributed by atoms with van der Waals surface area (Å²) in [6.45, 7) is 4.15. The van der Waals surface area contributed by atoms with Crippen LogP contribution in [0, 0.1) is 0 Å². The normalized spacial score (nSPS) is 12.6. The Morgan fingerprint density at radius 1 is 1.24 bits per heavy atom. The van der Waals surface area contributed by atoms with Gasteiger partial charge in [-0.15, -0.1) is 0 Å². The first-order chi connectivity index (χ1) is 10.2. The van der Waals surface area contributed by atoms with Crippen molar-refractivity contribution in [1.82, 2.24) is 4.90 Å². The first-order valence-corrected chi connectivity index (χ1v) is 7.40. The maximum atomic E-state index is 5.95. The summed E-state index contributed by atoms with van der Waals surface area (Å²) < 4.78 is 11.0. The molecular weight excluding hydrogens is 264 g/mol. The molecule has 2 aromatic rings. The molecule has 1 aromatic carbocycles. The van der Waals surface area contributed by atoms with Crippen LogP contribution >= 0.6 is 0 Å². The SMILES string of the molecule is CCCOc1ccc(C(CN)N(C)Cc2ccco2)cc1. The molecule has 2 rings (SSSR count). The average Bonchev–Trinajstić information content (AvgIpc) is 3.00. The third kappa shape index (κ3) is 4.34. The molecule has 114 valence electrons. The zero-order valence-corrected chi connectivity index (χ0v) is 12.8. The number of benzene rings is 1. The first-order valence-electron chi connectivity index (χ1n) is 7.40. The predicted octanol–water partition coefficient (Wildman–Crippen LogP) is 3.20. The number of nitrogens with zero attached hydrogens (tertiary/aromatic N) is 1. The van der Waals surface area contributed by atoms with Gasteiger partial charge in [-0.05, 0) is 43.3 Å². The number of ether oxygens (including phenoxy) is 1. The molecule has 2 N–H and O–H groups in total. The van der Waals surface area contributed by atoms with E-state index in [4.69, 9.17) is 14.9 Å². The number of rotatable bonds is 8. The summed E-state index contributed by atoms with van der Waals surface area (Å²) in [6.07, 6.45) is 2.71. The molecule has 1 aromatic heterocycles. The highest BCUT2D eigenvalue weighted by Crippen LogP contribution is 2.23. The molecule has 0 aliphatic rings. The van der Waals surface area contributed by atoms with Crippen molar-refractivity contribution in [3.63, 3.8) is 0 Å². The number of hydrogen-bond acceptors (Lipinski definition) is 4. The zero-order chi connectivity index (χ0) is 15.1. The van der Waals surface area contributed by atoms with E-state index >= 15 is 0 Å². The molecule has 0 saturated heterocycles. The van der Waals surface area contributed by atoms with Crippen LogP contribution in [-0.4, -0.2) is 25.1 Å². The van der Waals surface area contributed by atoms with E-state index in [9.17, 15) is 0 Å². The minimum atomic E-state index is 0.162. The Morgan fingerprint density at radius 3 is 2.57 bits per heavy atom. The molecule has 0 fully saturated rings. The molecule has 0 aliphatic carbocycles. The van der Waals surface area contributed by atoms with Crippen LogP contribution in [-0.2, 0) is 6.54 Å². The maximum Gasteiger partial charge on any atom is 0.119 e. The van der Waals surface area contributed by atoms with Gasteiger partial charge in [0.05, 0.1) is 19.4 Å². The summed E-state index contributed by atoms with van der Waals surface area (Å²) in [5.74, 6) is 1.85. The van der Waals surface area contributed by atoms with E-state index in [1.165, 1.54) is 5.56 Å². The molecule has 4 heteroatoms. The number of likely N-dealkylation sites (N-methyl/N-ethyl adjacent to an activating group) is 1. The van der Waals surface area contributed by atoms with E-state index < -0.39 is 0 Å². The average molecular weight is 288 g/mol. The monoisotopic (exact) mass is 288 g/mol. The minimum absolute atomic E-state index is 0.162. The van der Waals surface area contributed by atoms with Gasteiger partial charge in [-0.2, -0.15) is 0 Å². The molecular formula is C17H24N2O2. The summed E-state index contributed by atoms with van der Waals surface area (Å²) in [5, 5.41) is 0. The largest absolute Gasteiger partial charge is 0.494 e. The highest BCUT2D eigenvalue weighted by molar-refractivity contribution is 5.29. The molecule has 0 aliphatic heterocycles. The Bertz CT molecular complexity index is 508. The van der Waals surface area contributed by atoms with Crippen LogP contribution in [0.1, 0.15) is 30.7 Å². The highest BCUT2D eigenvalue weighted by Gasteiger charge is 2.16. The third-order valence-electron chi connectivity index (χ3n) is 3.48. The van der Waals surface area contributed by atoms with Gasteiger partial charge in [-0.25, -0.2) is 0 Å². The summed E-state index contributed by atoms with van der Waals surface area (Å²) in [4.78, 5) is 2.20. The summed E-state index contributed by atoms with van der Waals surface area (Å²) in [5.41, 5.74) is 7.14. The second-order valence-corrected chi connectivity index (χ2v) is 5.16. The summed E-state index contributed by atoms with van der Waals surface area (Å²) in [7, 11) is 2.06. The Labute approximate surface area is 126 Å². The van der Waals surface area contributed by atoms with E-state index in [-0.39, 0.29) is 6.04 Å². The smallest absolute Gasteiger partial charge is 0.119 e. The Morgan fingerprint density at radius 2 is 2.00 bits per heavy atom. The van der Waals surface area contributed by atoms with Crippen molar-refractivity contribution in [2.24, 2.45) is 5.73 Å². The molecule has 0 bridgehead atoms. The summed E-state index contributed by atoms with van der Waals surface area (Å²) in [6, 6.07) is 12.2. The van der Waals surface area contributed by atoms with Gasteiger partial charge in [-0.1, -0.05) is 19.1 Å². The molecule has 0 saturated carbocycles. The zero-order valence-electron chi connectivity index (χ0n) is 12.8. The van der Waals surface area contributed by atoms with Gasteiger partial charge < -0.3 is 14.9 Å². The number of nitrogens with two attached hydrogens (primary N) is 1. The van der Waals surface area contributed by atoms with Gasteiger partial charge >= 0.3 is 0 Å². The Hall–Kier alpha value is -1.78. The van der Waals surface area contributed by atoms with Crippen LogP contribution in [0.5, 0.6) is 5.75 Å². The van der Waals surface area contributed by atoms with Crippen molar-refractivity contribution in [2.75, 3.05) is 20.2 Å². The maximum absolute atomic E-state index is 5.95. The second-order valence-electron chi connectivity index (χ2n) is 5.16. The lowest BCUT2D eigenvalue weighted by atomic mass is 10.1. The first kappa shape index (κ1) is 15.6. The van der Waals surface area contributed by atoms with E-state index in [1.54, 1.807) is 6.26 Å². The van der Waals surface area contributed by atoms with Crippen LogP contribution in [0.25, 0.3) is 0 Å². The highest BCUT2D eigenvalue weighted by atomic mass is 16.5. The van der Waals surface area contributed by atoms with Crippen molar-refractivity contribution in [3.8, 4) is 5.75 Å². The Balaban J connectivity index is 2.02. The van der Waals surface area contributed by atoms with E-state index in [1.807, 2.05) is 24.3 Å². The summed E-state index contributed by atoms with van der Waals surface area (Å²) >= 11 is 0. The molecule has 1 heterocycles. The fourth-order valence-corrected chi connectivity index (χ4v) is 2.34. The molecule has 0 spiro atoms. The Kier molecular flexibility index (Phi) is 5.84. The van der Waals surface area contributed by atoms with Gasteiger partial charge in [0.1, 0.15) is 11.5 Å². The second kappa shape index (κ2) is 7.86. The van der Waals surface area contributed by atoms with E-state index in [2.05, 4.69) is 31.0 Å². The van der Waals surface area contributed by atoms with Crippen molar-refractivity contribution in [1.29, 1.82) is 0 Å². The lowest BCUT2D eigenvalue weighted by molar-refractivity contribution is 0.222. The fourth-order valence-electron chi connectivity index (χ4n) is 2.34. The fraction of sp³-hybridized carbons (Fsp3) is 0.412. The third-order valence-corrected chi connectivity index (χ3v) is 3.48. The van der Waals surface area contributed by atoms with Gasteiger partial charge in [0.15, 0.2) is 0 Å². The molecule has 21 heavy (non-hydrogen) atoms. The van der Waals surface area contributed by atoms with Crippen molar-refractivity contribution >= 4 is 0 Å². The molecule has 4 nitrogen and oxygen atoms in total. The van der Waals surface area contributed by atoms with Crippen molar-refractivity contribution in [3.05, 3.63) is 54.0 Å². The molecule has 1 atom stereocenters. The lowest BCUT2D eigenvalue weighted by Crippen LogP contribution is -2.30.